The van der Waals surface area contributed by atoms with Crippen LogP contribution in [0.4, 0.5) is 0 Å². The molecule has 0 spiro atoms. The number of hydrogen-bond acceptors (Lipinski definition) is 3. The first-order valence-corrected chi connectivity index (χ1v) is 6.56. The predicted octanol–water partition coefficient (Wildman–Crippen LogP) is 0.530. The van der Waals surface area contributed by atoms with Gasteiger partial charge in [0.15, 0.2) is 0 Å². The van der Waals surface area contributed by atoms with Crippen molar-refractivity contribution >= 4 is 24.4 Å². The molecule has 1 atom stereocenters. The Morgan fingerprint density at radius 2 is 2.12 bits per heavy atom. The monoisotopic (exact) mass is 242 g/mol. The molecule has 0 N–H and O–H groups in total. The second-order valence-electron chi connectivity index (χ2n) is 4.44. The van der Waals surface area contributed by atoms with Crippen LogP contribution in [0.25, 0.3) is 0 Å². The average molecular weight is 242 g/mol. The molecule has 2 aliphatic rings. The van der Waals surface area contributed by atoms with Crippen molar-refractivity contribution in [2.75, 3.05) is 25.4 Å². The van der Waals surface area contributed by atoms with Gasteiger partial charge in [0.05, 0.1) is 6.54 Å². The van der Waals surface area contributed by atoms with E-state index in [0.29, 0.717) is 6.54 Å². The number of nitrogens with zero attached hydrogens (tertiary/aromatic N) is 2. The minimum Gasteiger partial charge on any atom is -0.332 e. The van der Waals surface area contributed by atoms with Crippen LogP contribution in [-0.2, 0) is 9.59 Å². The van der Waals surface area contributed by atoms with Gasteiger partial charge >= 0.3 is 0 Å². The third-order valence-corrected chi connectivity index (χ3v) is 3.65. The summed E-state index contributed by atoms with van der Waals surface area (Å²) in [5, 5.41) is 0. The van der Waals surface area contributed by atoms with Crippen LogP contribution in [0.3, 0.4) is 0 Å². The summed E-state index contributed by atoms with van der Waals surface area (Å²) >= 11 is 4.14. The quantitative estimate of drug-likeness (QED) is 0.577. The number of unbranched alkanes of at least 4 members (excludes halogenated alkanes) is 1. The third-order valence-electron chi connectivity index (χ3n) is 3.33. The van der Waals surface area contributed by atoms with Crippen LogP contribution in [0.5, 0.6) is 0 Å². The summed E-state index contributed by atoms with van der Waals surface area (Å²) in [6.07, 6.45) is 3.74. The van der Waals surface area contributed by atoms with Crippen LogP contribution in [0.2, 0.25) is 0 Å². The molecule has 0 saturated carbocycles. The summed E-state index contributed by atoms with van der Waals surface area (Å²) in [5.41, 5.74) is 0. The van der Waals surface area contributed by atoms with Crippen molar-refractivity contribution in [1.82, 2.24) is 9.80 Å². The largest absolute Gasteiger partial charge is 0.332 e. The molecule has 0 aliphatic carbocycles. The van der Waals surface area contributed by atoms with Crippen LogP contribution in [0, 0.1) is 0 Å². The highest BCUT2D eigenvalue weighted by Gasteiger charge is 2.41. The molecule has 0 aromatic heterocycles. The first kappa shape index (κ1) is 11.8. The lowest BCUT2D eigenvalue weighted by molar-refractivity contribution is -0.153. The SMILES string of the molecule is O=C1C2CCCN2C(=O)CN1CCCCS. The molecule has 4 nitrogen and oxygen atoms in total. The van der Waals surface area contributed by atoms with Gasteiger partial charge in [0, 0.05) is 13.1 Å². The lowest BCUT2D eigenvalue weighted by Crippen LogP contribution is -2.57. The van der Waals surface area contributed by atoms with Crippen molar-refractivity contribution in [2.45, 2.75) is 31.7 Å². The Kier molecular flexibility index (Phi) is 3.74. The fourth-order valence-corrected chi connectivity index (χ4v) is 2.69. The minimum atomic E-state index is -0.155. The van der Waals surface area contributed by atoms with Gasteiger partial charge in [-0.15, -0.1) is 0 Å². The zero-order valence-electron chi connectivity index (χ0n) is 9.39. The average Bonchev–Trinajstić information content (AvgIpc) is 2.75. The van der Waals surface area contributed by atoms with E-state index in [-0.39, 0.29) is 24.4 Å². The van der Waals surface area contributed by atoms with E-state index in [4.69, 9.17) is 0 Å². The van der Waals surface area contributed by atoms with Crippen LogP contribution in [-0.4, -0.2) is 53.0 Å². The number of rotatable bonds is 4. The molecule has 2 fully saturated rings. The van der Waals surface area contributed by atoms with E-state index in [1.807, 2.05) is 0 Å². The van der Waals surface area contributed by atoms with Crippen LogP contribution in [0.15, 0.2) is 0 Å². The number of carbonyl (C=O) groups is 2. The second kappa shape index (κ2) is 5.08. The van der Waals surface area contributed by atoms with Crippen LogP contribution < -0.4 is 0 Å². The molecular weight excluding hydrogens is 224 g/mol. The Balaban J connectivity index is 1.94. The van der Waals surface area contributed by atoms with Gasteiger partial charge in [0.2, 0.25) is 11.8 Å². The van der Waals surface area contributed by atoms with Gasteiger partial charge in [-0.05, 0) is 31.4 Å². The number of hydrogen-bond donors (Lipinski definition) is 1. The van der Waals surface area contributed by atoms with Gasteiger partial charge in [0.1, 0.15) is 6.04 Å². The minimum absolute atomic E-state index is 0.118. The first-order valence-electron chi connectivity index (χ1n) is 5.93. The topological polar surface area (TPSA) is 40.6 Å². The van der Waals surface area contributed by atoms with Crippen molar-refractivity contribution in [3.63, 3.8) is 0 Å². The normalized spacial score (nSPS) is 25.2. The van der Waals surface area contributed by atoms with E-state index >= 15 is 0 Å². The Bertz CT molecular complexity index is 296. The van der Waals surface area contributed by atoms with Gasteiger partial charge in [-0.1, -0.05) is 0 Å². The maximum Gasteiger partial charge on any atom is 0.245 e. The van der Waals surface area contributed by atoms with Gasteiger partial charge in [-0.25, -0.2) is 0 Å². The zero-order chi connectivity index (χ0) is 11.5. The van der Waals surface area contributed by atoms with E-state index in [1.54, 1.807) is 9.80 Å². The molecule has 1 unspecified atom stereocenters. The molecule has 2 heterocycles. The fraction of sp³-hybridized carbons (Fsp3) is 0.818. The van der Waals surface area contributed by atoms with Gasteiger partial charge in [-0.3, -0.25) is 9.59 Å². The fourth-order valence-electron chi connectivity index (χ4n) is 2.47. The number of thiol groups is 1. The summed E-state index contributed by atoms with van der Waals surface area (Å²) in [7, 11) is 0. The van der Waals surface area contributed by atoms with Crippen molar-refractivity contribution in [3.8, 4) is 0 Å². The van der Waals surface area contributed by atoms with E-state index < -0.39 is 0 Å². The zero-order valence-corrected chi connectivity index (χ0v) is 10.3. The van der Waals surface area contributed by atoms with Gasteiger partial charge in [-0.2, -0.15) is 12.6 Å². The Hall–Kier alpha value is -0.710. The Labute approximate surface area is 101 Å². The van der Waals surface area contributed by atoms with E-state index in [0.717, 1.165) is 38.0 Å². The number of fused-ring (bicyclic) bond motifs is 1. The summed E-state index contributed by atoms with van der Waals surface area (Å²) in [6, 6.07) is -0.155. The number of piperazine rings is 1. The maximum atomic E-state index is 12.1. The summed E-state index contributed by atoms with van der Waals surface area (Å²) in [6.45, 7) is 1.75. The highest BCUT2D eigenvalue weighted by Crippen LogP contribution is 2.23. The summed E-state index contributed by atoms with van der Waals surface area (Å²) < 4.78 is 0. The lowest BCUT2D eigenvalue weighted by Gasteiger charge is -2.36. The third kappa shape index (κ3) is 2.19. The number of amides is 2. The Morgan fingerprint density at radius 3 is 2.88 bits per heavy atom. The van der Waals surface area contributed by atoms with Crippen LogP contribution >= 0.6 is 12.6 Å². The highest BCUT2D eigenvalue weighted by molar-refractivity contribution is 7.80. The molecular formula is C11H18N2O2S. The molecule has 16 heavy (non-hydrogen) atoms. The Morgan fingerprint density at radius 1 is 1.31 bits per heavy atom. The standard InChI is InChI=1S/C11H18N2O2S/c14-10-8-12(5-1-2-7-16)11(15)9-4-3-6-13(9)10/h9,16H,1-8H2. The molecule has 2 aliphatic heterocycles. The molecule has 2 saturated heterocycles. The van der Waals surface area contributed by atoms with E-state index in [2.05, 4.69) is 12.6 Å². The molecule has 5 heteroatoms. The second-order valence-corrected chi connectivity index (χ2v) is 4.88. The van der Waals surface area contributed by atoms with Crippen LogP contribution in [0.1, 0.15) is 25.7 Å². The molecule has 90 valence electrons. The molecule has 0 aromatic carbocycles. The van der Waals surface area contributed by atoms with Crippen molar-refractivity contribution in [3.05, 3.63) is 0 Å². The highest BCUT2D eigenvalue weighted by atomic mass is 32.1. The lowest BCUT2D eigenvalue weighted by atomic mass is 10.1. The van der Waals surface area contributed by atoms with Gasteiger partial charge < -0.3 is 9.80 Å². The molecule has 2 rings (SSSR count). The molecule has 2 amide bonds. The van der Waals surface area contributed by atoms with Crippen molar-refractivity contribution in [2.24, 2.45) is 0 Å². The molecule has 0 bridgehead atoms. The van der Waals surface area contributed by atoms with E-state index in [9.17, 15) is 9.59 Å². The van der Waals surface area contributed by atoms with E-state index in [1.165, 1.54) is 0 Å². The maximum absolute atomic E-state index is 12.1. The van der Waals surface area contributed by atoms with Gasteiger partial charge in [0.25, 0.3) is 0 Å². The molecule has 0 radical (unpaired) electrons. The van der Waals surface area contributed by atoms with Crippen molar-refractivity contribution < 1.29 is 9.59 Å². The number of carbonyl (C=O) groups excluding carboxylic acids is 2. The first-order chi connectivity index (χ1) is 7.74. The summed E-state index contributed by atoms with van der Waals surface area (Å²) in [4.78, 5) is 27.3. The predicted molar refractivity (Wildman–Crippen MR) is 64.4 cm³/mol. The van der Waals surface area contributed by atoms with Crippen molar-refractivity contribution in [1.29, 1.82) is 0 Å². The smallest absolute Gasteiger partial charge is 0.245 e. The summed E-state index contributed by atoms with van der Waals surface area (Å²) in [5.74, 6) is 1.11. The molecule has 0 aromatic rings.